The third kappa shape index (κ3) is 3.18. The van der Waals surface area contributed by atoms with Gasteiger partial charge in [-0.15, -0.1) is 11.8 Å². The molecule has 0 spiro atoms. The molecule has 0 saturated heterocycles. The Morgan fingerprint density at radius 1 is 1.05 bits per heavy atom. The molecule has 0 radical (unpaired) electrons. The number of hydrogen-bond acceptors (Lipinski definition) is 7. The van der Waals surface area contributed by atoms with E-state index in [4.69, 9.17) is 0 Å². The number of aromatic nitrogens is 3. The van der Waals surface area contributed by atoms with Crippen molar-refractivity contribution in [3.05, 3.63) is 75.3 Å². The summed E-state index contributed by atoms with van der Waals surface area (Å²) in [6.07, 6.45) is 3.71. The minimum absolute atomic E-state index is 0.00275. The molecule has 40 heavy (non-hydrogen) atoms. The van der Waals surface area contributed by atoms with Crippen molar-refractivity contribution in [2.45, 2.75) is 0 Å². The lowest BCUT2D eigenvalue weighted by Gasteiger charge is -2.17. The molecule has 0 fully saturated rings. The summed E-state index contributed by atoms with van der Waals surface area (Å²) in [6.45, 7) is 0.643. The van der Waals surface area contributed by atoms with Crippen molar-refractivity contribution in [1.82, 2.24) is 19.3 Å². The molecule has 5 heterocycles. The van der Waals surface area contributed by atoms with Crippen LogP contribution < -0.4 is 10.5 Å². The van der Waals surface area contributed by atoms with Gasteiger partial charge in [0.15, 0.2) is 12.4 Å². The molecule has 1 aliphatic heterocycles. The van der Waals surface area contributed by atoms with Gasteiger partial charge < -0.3 is 25.2 Å². The number of nitrogens with zero attached hydrogens (tertiary/aromatic N) is 3. The third-order valence-corrected chi connectivity index (χ3v) is 8.59. The summed E-state index contributed by atoms with van der Waals surface area (Å²) in [6, 6.07) is 11.1. The fourth-order valence-electron chi connectivity index (χ4n) is 6.12. The number of fused-ring (bicyclic) bond motifs is 4. The zero-order valence-electron chi connectivity index (χ0n) is 21.7. The Bertz CT molecular complexity index is 2150. The Labute approximate surface area is 230 Å². The number of aromatic amines is 1. The Morgan fingerprint density at radius 3 is 2.50 bits per heavy atom. The summed E-state index contributed by atoms with van der Waals surface area (Å²) in [5, 5.41) is 33.4. The number of carbonyl (C=O) groups is 1. The van der Waals surface area contributed by atoms with E-state index in [0.717, 1.165) is 21.1 Å². The van der Waals surface area contributed by atoms with Gasteiger partial charge in [-0.1, -0.05) is 0 Å². The zero-order chi connectivity index (χ0) is 28.0. The van der Waals surface area contributed by atoms with Crippen molar-refractivity contribution >= 4 is 61.7 Å². The number of aromatic hydroxyl groups is 2. The number of phenols is 2. The monoisotopic (exact) mass is 554 g/mol. The van der Waals surface area contributed by atoms with Gasteiger partial charge in [-0.25, -0.2) is 9.78 Å². The second kappa shape index (κ2) is 8.38. The first-order valence-electron chi connectivity index (χ1n) is 12.5. The van der Waals surface area contributed by atoms with E-state index >= 15 is 0 Å². The van der Waals surface area contributed by atoms with E-state index in [9.17, 15) is 24.9 Å². The molecule has 7 rings (SSSR count). The fourth-order valence-corrected chi connectivity index (χ4v) is 6.98. The summed E-state index contributed by atoms with van der Waals surface area (Å²) in [7, 11) is 3.99. The minimum Gasteiger partial charge on any atom is -0.508 e. The molecule has 11 heteroatoms. The molecule has 1 aliphatic rings. The quantitative estimate of drug-likeness (QED) is 0.224. The molecule has 6 aromatic rings. The van der Waals surface area contributed by atoms with E-state index < -0.39 is 5.97 Å². The van der Waals surface area contributed by atoms with Gasteiger partial charge in [0.05, 0.1) is 29.2 Å². The first-order valence-corrected chi connectivity index (χ1v) is 13.8. The van der Waals surface area contributed by atoms with Crippen LogP contribution in [0.4, 0.5) is 0 Å². The van der Waals surface area contributed by atoms with Gasteiger partial charge in [-0.05, 0) is 48.7 Å². The maximum absolute atomic E-state index is 14.7. The molecule has 0 bridgehead atoms. The molecule has 1 atom stereocenters. The number of benzene rings is 2. The van der Waals surface area contributed by atoms with E-state index in [-0.39, 0.29) is 22.8 Å². The molecule has 10 nitrogen and oxygen atoms in total. The van der Waals surface area contributed by atoms with Crippen LogP contribution >= 0.6 is 11.8 Å². The van der Waals surface area contributed by atoms with Gasteiger partial charge >= 0.3 is 5.97 Å². The highest BCUT2D eigenvalue weighted by atomic mass is 32.2. The Kier molecular flexibility index (Phi) is 5.09. The summed E-state index contributed by atoms with van der Waals surface area (Å²) >= 11 is 1.55. The molecular weight excluding hydrogens is 530 g/mol. The highest BCUT2D eigenvalue weighted by Crippen LogP contribution is 2.42. The highest BCUT2D eigenvalue weighted by Gasteiger charge is 2.37. The van der Waals surface area contributed by atoms with Gasteiger partial charge in [0.1, 0.15) is 27.7 Å². The number of rotatable bonds is 4. The standard InChI is InChI=1S/C29H23N5O5S/c1-32-12-33(2)28(40-3)26(32)23-22(18-11-30-19-6-4-13(35)8-15(18)19)27(37)34-21-7-5-14(36)9-16(21)17-10-20(29(38)39)31-24(23)25(17)34/h4-11,30,35-36H,12H2,1-3H3,(H,38,39)/p+1. The van der Waals surface area contributed by atoms with Gasteiger partial charge in [0.25, 0.3) is 5.56 Å². The molecule has 0 amide bonds. The van der Waals surface area contributed by atoms with E-state index in [0.29, 0.717) is 56.1 Å². The first kappa shape index (κ1) is 24.3. The molecule has 0 aliphatic carbocycles. The Balaban J connectivity index is 1.80. The van der Waals surface area contributed by atoms with E-state index in [1.807, 2.05) is 20.4 Å². The first-order chi connectivity index (χ1) is 19.2. The zero-order valence-corrected chi connectivity index (χ0v) is 22.6. The van der Waals surface area contributed by atoms with E-state index in [1.165, 1.54) is 12.1 Å². The topological polar surface area (TPSA) is 136 Å². The number of hydrogen-bond donors (Lipinski definition) is 5. The Morgan fingerprint density at radius 2 is 1.77 bits per heavy atom. The number of carboxylic acids is 1. The fraction of sp³-hybridized carbons (Fsp3) is 0.138. The Hall–Kier alpha value is -4.74. The number of phenolic OH excluding ortho intramolecular Hbond substituents is 2. The maximum atomic E-state index is 14.7. The minimum atomic E-state index is -1.20. The van der Waals surface area contributed by atoms with Crippen LogP contribution in [-0.4, -0.2) is 67.6 Å². The molecule has 2 aromatic carbocycles. The third-order valence-electron chi connectivity index (χ3n) is 7.69. The highest BCUT2D eigenvalue weighted by molar-refractivity contribution is 8.02. The number of thioether (sulfide) groups is 1. The predicted octanol–water partition coefficient (Wildman–Crippen LogP) is 3.10. The summed E-state index contributed by atoms with van der Waals surface area (Å²) in [5.74, 6) is -1.14. The van der Waals surface area contributed by atoms with Crippen molar-refractivity contribution in [2.24, 2.45) is 0 Å². The van der Waals surface area contributed by atoms with Crippen LogP contribution in [0.5, 0.6) is 11.5 Å². The molecular formula is C29H24N5O5S+. The summed E-state index contributed by atoms with van der Waals surface area (Å²) < 4.78 is 1.56. The average molecular weight is 555 g/mol. The van der Waals surface area contributed by atoms with Crippen molar-refractivity contribution < 1.29 is 25.0 Å². The molecule has 5 N–H and O–H groups in total. The molecule has 0 saturated carbocycles. The number of carboxylic acid groups (broad SMARTS) is 1. The van der Waals surface area contributed by atoms with Crippen molar-refractivity contribution in [3.63, 3.8) is 0 Å². The lowest BCUT2D eigenvalue weighted by atomic mass is 9.96. The maximum Gasteiger partial charge on any atom is 0.354 e. The predicted molar refractivity (Wildman–Crippen MR) is 155 cm³/mol. The van der Waals surface area contributed by atoms with Crippen LogP contribution in [0.3, 0.4) is 0 Å². The largest absolute Gasteiger partial charge is 0.508 e. The lowest BCUT2D eigenvalue weighted by Crippen LogP contribution is -3.05. The smallest absolute Gasteiger partial charge is 0.354 e. The molecule has 4 aromatic heterocycles. The lowest BCUT2D eigenvalue weighted by molar-refractivity contribution is -0.805. The number of aromatic carboxylic acids is 1. The summed E-state index contributed by atoms with van der Waals surface area (Å²) in [5.41, 5.74) is 3.98. The van der Waals surface area contributed by atoms with E-state index in [2.05, 4.69) is 14.9 Å². The average Bonchev–Trinajstić information content (AvgIpc) is 3.56. The van der Waals surface area contributed by atoms with Crippen LogP contribution in [0, 0.1) is 0 Å². The van der Waals surface area contributed by atoms with Crippen LogP contribution in [0.2, 0.25) is 0 Å². The van der Waals surface area contributed by atoms with Gasteiger partial charge in [-0.2, -0.15) is 0 Å². The number of nitrogens with one attached hydrogen (secondary N) is 2. The second-order valence-electron chi connectivity index (χ2n) is 10.1. The van der Waals surface area contributed by atoms with Crippen LogP contribution in [-0.2, 0) is 0 Å². The molecule has 200 valence electrons. The van der Waals surface area contributed by atoms with Crippen LogP contribution in [0.25, 0.3) is 55.0 Å². The van der Waals surface area contributed by atoms with Crippen molar-refractivity contribution in [2.75, 3.05) is 27.0 Å². The van der Waals surface area contributed by atoms with Crippen LogP contribution in [0.15, 0.2) is 58.5 Å². The van der Waals surface area contributed by atoms with Crippen molar-refractivity contribution in [1.29, 1.82) is 0 Å². The van der Waals surface area contributed by atoms with Crippen molar-refractivity contribution in [3.8, 4) is 22.6 Å². The van der Waals surface area contributed by atoms with E-state index in [1.54, 1.807) is 52.7 Å². The number of pyridine rings is 2. The van der Waals surface area contributed by atoms with Gasteiger partial charge in [0, 0.05) is 40.5 Å². The SMILES string of the molecule is CSC1=C(c2c(-c3c[nH]c4ccc(O)cc34)c(=O)n3c4ccc(O)cc4c4cc(C(=O)O)nc2c43)[NH+](C)CN1C. The number of H-pyrrole nitrogens is 1. The normalized spacial score (nSPS) is 16.0. The van der Waals surface area contributed by atoms with Gasteiger partial charge in [0.2, 0.25) is 0 Å². The number of quaternary nitrogens is 1. The van der Waals surface area contributed by atoms with Gasteiger partial charge in [-0.3, -0.25) is 14.1 Å². The molecule has 1 unspecified atom stereocenters. The van der Waals surface area contributed by atoms with Crippen LogP contribution in [0.1, 0.15) is 16.1 Å². The second-order valence-corrected chi connectivity index (χ2v) is 10.9. The summed E-state index contributed by atoms with van der Waals surface area (Å²) in [4.78, 5) is 38.1.